The molecule has 0 saturated heterocycles. The molecular formula is C15H16FN3O2S. The summed E-state index contributed by atoms with van der Waals surface area (Å²) in [6.45, 7) is 3.80. The second-order valence-corrected chi connectivity index (χ2v) is 5.22. The van der Waals surface area contributed by atoms with E-state index in [0.717, 1.165) is 12.6 Å². The molecule has 0 amide bonds. The van der Waals surface area contributed by atoms with Crippen LogP contribution in [0.4, 0.5) is 10.1 Å². The molecule has 1 aromatic carbocycles. The Hall–Kier alpha value is -2.28. The Morgan fingerprint density at radius 2 is 2.18 bits per heavy atom. The molecule has 0 saturated carbocycles. The largest absolute Gasteiger partial charge is 0.494 e. The van der Waals surface area contributed by atoms with Crippen LogP contribution < -0.4 is 5.56 Å². The number of aliphatic imine (C=N–C) groups is 1. The van der Waals surface area contributed by atoms with Crippen molar-refractivity contribution < 1.29 is 9.50 Å². The quantitative estimate of drug-likeness (QED) is 0.669. The van der Waals surface area contributed by atoms with E-state index >= 15 is 0 Å². The van der Waals surface area contributed by atoms with Crippen molar-refractivity contribution in [2.45, 2.75) is 26.3 Å². The van der Waals surface area contributed by atoms with E-state index in [2.05, 4.69) is 9.98 Å². The summed E-state index contributed by atoms with van der Waals surface area (Å²) in [7, 11) is 0. The number of H-pyrrole nitrogens is 1. The molecule has 7 heteroatoms. The third kappa shape index (κ3) is 3.14. The monoisotopic (exact) mass is 321 g/mol. The van der Waals surface area contributed by atoms with Crippen molar-refractivity contribution in [1.82, 2.24) is 9.55 Å². The van der Waals surface area contributed by atoms with Gasteiger partial charge in [0, 0.05) is 12.3 Å². The lowest BCUT2D eigenvalue weighted by molar-refractivity contribution is 0.371. The fraction of sp³-hybridized carbons (Fsp3) is 0.267. The highest BCUT2D eigenvalue weighted by Crippen LogP contribution is 2.21. The van der Waals surface area contributed by atoms with Crippen molar-refractivity contribution in [2.75, 3.05) is 0 Å². The molecule has 0 aliphatic heterocycles. The predicted molar refractivity (Wildman–Crippen MR) is 86.2 cm³/mol. The van der Waals surface area contributed by atoms with E-state index in [1.165, 1.54) is 16.7 Å². The molecule has 0 unspecified atom stereocenters. The van der Waals surface area contributed by atoms with Gasteiger partial charge in [0.2, 0.25) is 5.88 Å². The van der Waals surface area contributed by atoms with Crippen LogP contribution in [0.25, 0.3) is 0 Å². The number of aromatic amines is 1. The molecule has 116 valence electrons. The molecule has 0 fully saturated rings. The van der Waals surface area contributed by atoms with Crippen LogP contribution in [-0.4, -0.2) is 20.9 Å². The molecule has 0 aliphatic carbocycles. The van der Waals surface area contributed by atoms with Crippen LogP contribution in [0.5, 0.6) is 5.88 Å². The zero-order chi connectivity index (χ0) is 16.3. The number of halogens is 1. The Morgan fingerprint density at radius 1 is 1.50 bits per heavy atom. The van der Waals surface area contributed by atoms with Gasteiger partial charge in [-0.05, 0) is 37.7 Å². The van der Waals surface area contributed by atoms with E-state index in [-0.39, 0.29) is 27.9 Å². The maximum Gasteiger partial charge on any atom is 0.264 e. The molecule has 1 atom stereocenters. The van der Waals surface area contributed by atoms with Crippen molar-refractivity contribution in [3.63, 3.8) is 0 Å². The van der Waals surface area contributed by atoms with Crippen LogP contribution in [0.1, 0.15) is 31.9 Å². The molecule has 2 aromatic rings. The van der Waals surface area contributed by atoms with Gasteiger partial charge in [0.05, 0.1) is 5.69 Å². The lowest BCUT2D eigenvalue weighted by Crippen LogP contribution is -2.20. The Balaban J connectivity index is 2.55. The van der Waals surface area contributed by atoms with Crippen LogP contribution in [0.15, 0.2) is 34.1 Å². The van der Waals surface area contributed by atoms with Crippen LogP contribution in [0.3, 0.4) is 0 Å². The minimum absolute atomic E-state index is 0.0582. The van der Waals surface area contributed by atoms with E-state index < -0.39 is 11.4 Å². The van der Waals surface area contributed by atoms with E-state index in [1.807, 2.05) is 13.8 Å². The molecule has 0 radical (unpaired) electrons. The first-order valence-corrected chi connectivity index (χ1v) is 7.23. The van der Waals surface area contributed by atoms with E-state index in [9.17, 15) is 14.3 Å². The van der Waals surface area contributed by atoms with E-state index in [1.54, 1.807) is 12.1 Å². The van der Waals surface area contributed by atoms with Gasteiger partial charge < -0.3 is 5.11 Å². The van der Waals surface area contributed by atoms with Gasteiger partial charge in [-0.2, -0.15) is 0 Å². The van der Waals surface area contributed by atoms with Gasteiger partial charge in [0.25, 0.3) is 5.56 Å². The number of benzene rings is 1. The molecule has 0 spiro atoms. The Labute approximate surface area is 131 Å². The highest BCUT2D eigenvalue weighted by atomic mass is 32.1. The molecule has 22 heavy (non-hydrogen) atoms. The van der Waals surface area contributed by atoms with E-state index in [4.69, 9.17) is 12.2 Å². The van der Waals surface area contributed by atoms with Crippen LogP contribution >= 0.6 is 12.2 Å². The summed E-state index contributed by atoms with van der Waals surface area (Å²) in [6.07, 6.45) is 1.86. The fourth-order valence-corrected chi connectivity index (χ4v) is 2.31. The third-order valence-electron chi connectivity index (χ3n) is 3.37. The second kappa shape index (κ2) is 6.65. The van der Waals surface area contributed by atoms with Gasteiger partial charge in [0.1, 0.15) is 11.4 Å². The SMILES string of the molecule is CC[C@@H](C)n1c(O)c(C=Nc2ccccc2F)c(=O)[nH]c1=S. The standard InChI is InChI=1S/C15H16FN3O2S/c1-3-9(2)19-14(21)10(13(20)18-15(19)22)8-17-12-7-5-4-6-11(12)16/h4-9,21H,3H2,1-2H3,(H,18,20,22)/t9-/m1/s1. The molecule has 0 bridgehead atoms. The lowest BCUT2D eigenvalue weighted by Gasteiger charge is -2.16. The number of hydrogen-bond donors (Lipinski definition) is 2. The van der Waals surface area contributed by atoms with Crippen molar-refractivity contribution in [3.05, 3.63) is 50.8 Å². The minimum atomic E-state index is -0.567. The molecule has 2 rings (SSSR count). The summed E-state index contributed by atoms with van der Waals surface area (Å²) in [6, 6.07) is 5.82. The maximum absolute atomic E-state index is 13.5. The van der Waals surface area contributed by atoms with Crippen molar-refractivity contribution >= 4 is 24.1 Å². The number of hydrogen-bond acceptors (Lipinski definition) is 4. The predicted octanol–water partition coefficient (Wildman–Crippen LogP) is 3.47. The summed E-state index contributed by atoms with van der Waals surface area (Å²) in [5.74, 6) is -0.785. The molecule has 1 heterocycles. The number of aromatic nitrogens is 2. The summed E-state index contributed by atoms with van der Waals surface area (Å²) in [4.78, 5) is 18.4. The van der Waals surface area contributed by atoms with Gasteiger partial charge in [-0.25, -0.2) is 4.39 Å². The van der Waals surface area contributed by atoms with Crippen molar-refractivity contribution in [1.29, 1.82) is 0 Å². The molecule has 0 aliphatic rings. The average molecular weight is 321 g/mol. The Bertz CT molecular complexity index is 826. The number of rotatable bonds is 4. The number of nitrogens with zero attached hydrogens (tertiary/aromatic N) is 2. The Morgan fingerprint density at radius 3 is 2.82 bits per heavy atom. The topological polar surface area (TPSA) is 70.4 Å². The van der Waals surface area contributed by atoms with Crippen molar-refractivity contribution in [3.8, 4) is 5.88 Å². The number of nitrogens with one attached hydrogen (secondary N) is 1. The van der Waals surface area contributed by atoms with Crippen molar-refractivity contribution in [2.24, 2.45) is 4.99 Å². The van der Waals surface area contributed by atoms with Gasteiger partial charge >= 0.3 is 0 Å². The van der Waals surface area contributed by atoms with Gasteiger partial charge in [-0.3, -0.25) is 19.3 Å². The first kappa shape index (κ1) is 16.1. The smallest absolute Gasteiger partial charge is 0.264 e. The van der Waals surface area contributed by atoms with Crippen LogP contribution in [0, 0.1) is 10.6 Å². The second-order valence-electron chi connectivity index (χ2n) is 4.83. The van der Waals surface area contributed by atoms with Gasteiger partial charge in [-0.1, -0.05) is 19.1 Å². The van der Waals surface area contributed by atoms with E-state index in [0.29, 0.717) is 0 Å². The zero-order valence-electron chi connectivity index (χ0n) is 12.2. The summed E-state index contributed by atoms with van der Waals surface area (Å²) >= 11 is 5.07. The molecule has 1 aromatic heterocycles. The zero-order valence-corrected chi connectivity index (χ0v) is 13.0. The first-order chi connectivity index (χ1) is 10.5. The highest BCUT2D eigenvalue weighted by Gasteiger charge is 2.14. The van der Waals surface area contributed by atoms with Crippen LogP contribution in [0.2, 0.25) is 0 Å². The average Bonchev–Trinajstić information content (AvgIpc) is 2.48. The summed E-state index contributed by atoms with van der Waals surface area (Å²) in [5.41, 5.74) is -0.543. The number of aromatic hydroxyl groups is 1. The number of para-hydroxylation sites is 1. The van der Waals surface area contributed by atoms with Crippen LogP contribution in [-0.2, 0) is 0 Å². The highest BCUT2D eigenvalue weighted by molar-refractivity contribution is 7.71. The Kier molecular flexibility index (Phi) is 4.87. The lowest BCUT2D eigenvalue weighted by atomic mass is 10.2. The third-order valence-corrected chi connectivity index (χ3v) is 3.67. The maximum atomic E-state index is 13.5. The first-order valence-electron chi connectivity index (χ1n) is 6.82. The van der Waals surface area contributed by atoms with Gasteiger partial charge in [0.15, 0.2) is 4.77 Å². The summed E-state index contributed by atoms with van der Waals surface area (Å²) in [5, 5.41) is 10.3. The summed E-state index contributed by atoms with van der Waals surface area (Å²) < 4.78 is 15.1. The molecular weight excluding hydrogens is 305 g/mol. The minimum Gasteiger partial charge on any atom is -0.494 e. The normalized spacial score (nSPS) is 12.7. The fourth-order valence-electron chi connectivity index (χ4n) is 1.95. The molecule has 2 N–H and O–H groups in total. The van der Waals surface area contributed by atoms with Gasteiger partial charge in [-0.15, -0.1) is 0 Å². The molecule has 5 nitrogen and oxygen atoms in total.